The molecule has 9 atom stereocenters. The third-order valence-electron chi connectivity index (χ3n) is 14.2. The second kappa shape index (κ2) is 20.3. The SMILES string of the molecule is C=C/C(=C(\N=CC)[C@H](C)OC)c1c2c3cc(ccc3n1CC)C1CSC(=N1)[C@@H](OC[C@H](C)N1CCN(C)CC1)[C@H](NC(=O)C1[C@@H](C)[C@H]1C)C(=O)N1CCC[C@H](N1)C(=O)OCC(C)(C)C2. The van der Waals surface area contributed by atoms with Crippen LogP contribution < -0.4 is 10.7 Å². The Balaban J connectivity index is 1.37. The lowest BCUT2D eigenvalue weighted by Gasteiger charge is -2.39. The molecular formula is C49H72N8O6S. The van der Waals surface area contributed by atoms with Crippen molar-refractivity contribution in [2.45, 2.75) is 118 Å². The van der Waals surface area contributed by atoms with Gasteiger partial charge in [0.15, 0.2) is 0 Å². The third-order valence-corrected chi connectivity index (χ3v) is 15.3. The molecule has 350 valence electrons. The van der Waals surface area contributed by atoms with Crippen LogP contribution in [-0.4, -0.2) is 145 Å². The van der Waals surface area contributed by atoms with Crippen molar-refractivity contribution >= 4 is 57.3 Å². The van der Waals surface area contributed by atoms with Gasteiger partial charge in [0.25, 0.3) is 5.91 Å². The summed E-state index contributed by atoms with van der Waals surface area (Å²) < 4.78 is 21.3. The minimum Gasteiger partial charge on any atom is -0.464 e. The van der Waals surface area contributed by atoms with Crippen molar-refractivity contribution in [3.63, 3.8) is 0 Å². The number of aryl methyl sites for hydroxylation is 1. The highest BCUT2D eigenvalue weighted by molar-refractivity contribution is 8.14. The molecule has 4 aliphatic heterocycles. The van der Waals surface area contributed by atoms with Crippen LogP contribution in [0.5, 0.6) is 0 Å². The number of carbonyl (C=O) groups is 3. The number of fused-ring (bicyclic) bond motifs is 5. The van der Waals surface area contributed by atoms with Crippen molar-refractivity contribution in [1.29, 1.82) is 0 Å². The molecule has 64 heavy (non-hydrogen) atoms. The molecular weight excluding hydrogens is 829 g/mol. The molecule has 3 fully saturated rings. The lowest BCUT2D eigenvalue weighted by atomic mass is 9.84. The number of ether oxygens (including phenoxy) is 3. The van der Waals surface area contributed by atoms with Gasteiger partial charge >= 0.3 is 5.97 Å². The molecule has 15 heteroatoms. The number of nitrogens with zero attached hydrogens (tertiary/aromatic N) is 6. The molecule has 1 aromatic heterocycles. The fourth-order valence-electron chi connectivity index (χ4n) is 9.91. The van der Waals surface area contributed by atoms with E-state index in [9.17, 15) is 9.59 Å². The van der Waals surface area contributed by atoms with E-state index in [4.69, 9.17) is 24.2 Å². The standard InChI is InChI=1S/C49H72N8O6S/c1-12-34(41(50-13-2)32(7)61-11)43-36-25-49(8,9)28-63-48(60)37-16-15-19-57(53-37)47(59)42(52-45(58)40-30(5)31(40)6)44(62-26-29(4)55-22-20-54(10)21-23-55)46-51-38(27-64-46)33-17-18-39(35(36)24-33)56(43)14-3/h12-13,17-18,24,29-32,37-38,40,42,44,53H,1,14-16,19-23,25-28H2,2-11H3,(H,52,58)/b41-34+,50-13?/t29-,30-,31+,32-,37-,38?,40?,42-,44-/m0/s1. The van der Waals surface area contributed by atoms with Crippen molar-refractivity contribution in [3.05, 3.63) is 53.4 Å². The van der Waals surface area contributed by atoms with Crippen molar-refractivity contribution in [2.75, 3.05) is 65.8 Å². The molecule has 14 nitrogen and oxygen atoms in total. The molecule has 1 aromatic carbocycles. The van der Waals surface area contributed by atoms with Gasteiger partial charge in [-0.25, -0.2) is 5.43 Å². The summed E-state index contributed by atoms with van der Waals surface area (Å²) in [7, 11) is 3.83. The van der Waals surface area contributed by atoms with Crippen LogP contribution in [0.1, 0.15) is 91.1 Å². The van der Waals surface area contributed by atoms with Crippen molar-refractivity contribution < 1.29 is 28.6 Å². The van der Waals surface area contributed by atoms with E-state index in [0.29, 0.717) is 49.8 Å². The number of piperazine rings is 1. The fraction of sp³-hybridized carbons (Fsp3) is 0.653. The Morgan fingerprint density at radius 3 is 2.55 bits per heavy atom. The number of thioether (sulfide) groups is 1. The highest BCUT2D eigenvalue weighted by Crippen LogP contribution is 2.46. The molecule has 2 unspecified atom stereocenters. The highest BCUT2D eigenvalue weighted by Gasteiger charge is 2.51. The van der Waals surface area contributed by atoms with Crippen molar-refractivity contribution in [3.8, 4) is 0 Å². The van der Waals surface area contributed by atoms with E-state index >= 15 is 4.79 Å². The van der Waals surface area contributed by atoms with Gasteiger partial charge in [0.05, 0.1) is 36.8 Å². The predicted molar refractivity (Wildman–Crippen MR) is 256 cm³/mol. The summed E-state index contributed by atoms with van der Waals surface area (Å²) in [5.41, 5.74) is 8.64. The van der Waals surface area contributed by atoms with Crippen LogP contribution in [0.2, 0.25) is 0 Å². The first-order valence-corrected chi connectivity index (χ1v) is 24.4. The Bertz CT molecular complexity index is 2150. The summed E-state index contributed by atoms with van der Waals surface area (Å²) >= 11 is 1.59. The first kappa shape index (κ1) is 48.1. The number of methoxy groups -OCH3 is 1. The van der Waals surface area contributed by atoms with Crippen LogP contribution in [0, 0.1) is 23.2 Å². The number of hydrogen-bond donors (Lipinski definition) is 2. The number of esters is 1. The first-order valence-electron chi connectivity index (χ1n) is 23.4. The third kappa shape index (κ3) is 10.1. The number of hydrazine groups is 1. The normalized spacial score (nSPS) is 29.5. The topological polar surface area (TPSA) is 142 Å². The van der Waals surface area contributed by atoms with Gasteiger partial charge in [-0.15, -0.1) is 11.8 Å². The molecule has 1 saturated carbocycles. The number of carbonyl (C=O) groups excluding carboxylic acids is 3. The van der Waals surface area contributed by atoms with Gasteiger partial charge in [0, 0.05) is 92.2 Å². The Morgan fingerprint density at radius 1 is 1.16 bits per heavy atom. The van der Waals surface area contributed by atoms with Gasteiger partial charge < -0.3 is 29.0 Å². The summed E-state index contributed by atoms with van der Waals surface area (Å²) in [4.78, 5) is 58.1. The highest BCUT2D eigenvalue weighted by atomic mass is 32.2. The van der Waals surface area contributed by atoms with E-state index < -0.39 is 29.6 Å². The number of rotatable bonds is 12. The first-order chi connectivity index (χ1) is 30.6. The second-order valence-corrected chi connectivity index (χ2v) is 20.4. The maximum Gasteiger partial charge on any atom is 0.324 e. The summed E-state index contributed by atoms with van der Waals surface area (Å²) in [6.45, 7) is 26.2. The summed E-state index contributed by atoms with van der Waals surface area (Å²) in [5.74, 6) is -0.0615. The van der Waals surface area contributed by atoms with E-state index in [0.717, 1.165) is 65.2 Å². The summed E-state index contributed by atoms with van der Waals surface area (Å²) in [5, 5.41) is 6.47. The summed E-state index contributed by atoms with van der Waals surface area (Å²) in [6.07, 6.45) is 4.19. The van der Waals surface area contributed by atoms with Crippen LogP contribution in [0.4, 0.5) is 0 Å². The molecule has 6 bridgehead atoms. The molecule has 0 spiro atoms. The maximum absolute atomic E-state index is 15.0. The number of aliphatic imine (C=N–C) groups is 2. The van der Waals surface area contributed by atoms with Crippen LogP contribution in [0.3, 0.4) is 0 Å². The van der Waals surface area contributed by atoms with Gasteiger partial charge in [0.2, 0.25) is 5.91 Å². The number of likely N-dealkylation sites (N-methyl/N-ethyl adjacent to an activating group) is 1. The number of benzene rings is 1. The van der Waals surface area contributed by atoms with E-state index in [1.54, 1.807) is 25.1 Å². The number of nitrogens with one attached hydrogen (secondary N) is 2. The van der Waals surface area contributed by atoms with Gasteiger partial charge in [-0.1, -0.05) is 46.4 Å². The number of cyclic esters (lactones) is 1. The second-order valence-electron chi connectivity index (χ2n) is 19.3. The van der Waals surface area contributed by atoms with E-state index in [-0.39, 0.29) is 54.4 Å². The zero-order valence-electron chi connectivity index (χ0n) is 39.8. The van der Waals surface area contributed by atoms with E-state index in [1.165, 1.54) is 5.01 Å². The molecule has 5 aliphatic rings. The number of hydrogen-bond acceptors (Lipinski definition) is 12. The fourth-order valence-corrected chi connectivity index (χ4v) is 11.1. The van der Waals surface area contributed by atoms with Crippen LogP contribution in [-0.2, 0) is 41.6 Å². The van der Waals surface area contributed by atoms with E-state index in [2.05, 4.69) is 98.5 Å². The number of aromatic nitrogens is 1. The number of amides is 2. The zero-order chi connectivity index (χ0) is 46.0. The van der Waals surface area contributed by atoms with E-state index in [1.807, 2.05) is 19.9 Å². The van der Waals surface area contributed by atoms with Crippen LogP contribution in [0.25, 0.3) is 16.5 Å². The van der Waals surface area contributed by atoms with Crippen molar-refractivity contribution in [1.82, 2.24) is 30.1 Å². The van der Waals surface area contributed by atoms with Gasteiger partial charge in [-0.05, 0) is 89.1 Å². The molecule has 5 heterocycles. The quantitative estimate of drug-likeness (QED) is 0.150. The van der Waals surface area contributed by atoms with Crippen LogP contribution >= 0.6 is 11.8 Å². The minimum atomic E-state index is -1.08. The monoisotopic (exact) mass is 901 g/mol. The molecule has 2 amide bonds. The molecule has 2 saturated heterocycles. The lowest BCUT2D eigenvalue weighted by molar-refractivity contribution is -0.156. The smallest absolute Gasteiger partial charge is 0.324 e. The van der Waals surface area contributed by atoms with Gasteiger partial charge in [0.1, 0.15) is 23.2 Å². The lowest BCUT2D eigenvalue weighted by Crippen LogP contribution is -2.64. The Morgan fingerprint density at radius 2 is 1.89 bits per heavy atom. The number of allylic oxidation sites excluding steroid dienone is 2. The average molecular weight is 901 g/mol. The Hall–Kier alpha value is -3.86. The maximum atomic E-state index is 15.0. The van der Waals surface area contributed by atoms with Gasteiger partial charge in [-0.3, -0.25) is 34.3 Å². The largest absolute Gasteiger partial charge is 0.464 e. The molecule has 0 radical (unpaired) electrons. The molecule has 2 N–H and O–H groups in total. The van der Waals surface area contributed by atoms with Crippen LogP contribution in [0.15, 0.2) is 46.5 Å². The Labute approximate surface area is 384 Å². The zero-order valence-corrected chi connectivity index (χ0v) is 40.6. The Kier molecular flexibility index (Phi) is 15.3. The van der Waals surface area contributed by atoms with Crippen molar-refractivity contribution in [2.24, 2.45) is 33.2 Å². The molecule has 7 rings (SSSR count). The van der Waals surface area contributed by atoms with Gasteiger partial charge in [-0.2, -0.15) is 0 Å². The summed E-state index contributed by atoms with van der Waals surface area (Å²) in [6, 6.07) is 4.63. The molecule has 2 aromatic rings. The predicted octanol–water partition coefficient (Wildman–Crippen LogP) is 5.90. The average Bonchev–Trinajstić information content (AvgIpc) is 3.56. The molecule has 1 aliphatic carbocycles. The minimum absolute atomic E-state index is 0.0681.